The van der Waals surface area contributed by atoms with E-state index in [-0.39, 0.29) is 12.2 Å². The highest BCUT2D eigenvalue weighted by atomic mass is 32.2. The van der Waals surface area contributed by atoms with Gasteiger partial charge in [0.1, 0.15) is 28.9 Å². The van der Waals surface area contributed by atoms with Crippen molar-refractivity contribution in [1.29, 1.82) is 0 Å². The monoisotopic (exact) mass is 315 g/mol. The summed E-state index contributed by atoms with van der Waals surface area (Å²) in [6.45, 7) is 0.0563. The van der Waals surface area contributed by atoms with Crippen molar-refractivity contribution in [3.05, 3.63) is 12.4 Å². The minimum Gasteiger partial charge on any atom is -0.387 e. The van der Waals surface area contributed by atoms with Crippen LogP contribution in [0.1, 0.15) is 6.23 Å². The van der Waals surface area contributed by atoms with Crippen molar-refractivity contribution in [2.45, 2.75) is 29.6 Å². The van der Waals surface area contributed by atoms with Crippen molar-refractivity contribution in [3.8, 4) is 0 Å². The van der Waals surface area contributed by atoms with Gasteiger partial charge in [0.2, 0.25) is 0 Å². The largest absolute Gasteiger partial charge is 0.387 e. The van der Waals surface area contributed by atoms with Crippen LogP contribution in [0.2, 0.25) is 0 Å². The third-order valence-electron chi connectivity index (χ3n) is 3.40. The maximum Gasteiger partial charge on any atom is 0.311 e. The van der Waals surface area contributed by atoms with Crippen LogP contribution < -0.4 is 5.73 Å². The van der Waals surface area contributed by atoms with E-state index in [9.17, 15) is 14.6 Å². The molecule has 3 heterocycles. The van der Waals surface area contributed by atoms with Gasteiger partial charge in [0.25, 0.3) is 0 Å². The number of hydrogen-bond donors (Lipinski definition) is 3. The molecular formula is C11H14FN5O3S. The second-order valence-corrected chi connectivity index (χ2v) is 5.40. The lowest BCUT2D eigenvalue weighted by Gasteiger charge is -2.16. The molecule has 114 valence electrons. The summed E-state index contributed by atoms with van der Waals surface area (Å²) in [5.41, 5.74) is 6.08. The van der Waals surface area contributed by atoms with Crippen LogP contribution in [0.15, 0.2) is 11.4 Å². The molecule has 1 aliphatic heterocycles. The molecule has 2 aromatic rings. The van der Waals surface area contributed by atoms with Crippen LogP contribution in [0.25, 0.3) is 11.2 Å². The highest BCUT2D eigenvalue weighted by molar-refractivity contribution is 7.98. The van der Waals surface area contributed by atoms with Crippen LogP contribution in [0, 0.1) is 6.08 Å². The van der Waals surface area contributed by atoms with E-state index in [4.69, 9.17) is 10.5 Å². The third-order valence-corrected chi connectivity index (χ3v) is 4.07. The summed E-state index contributed by atoms with van der Waals surface area (Å²) in [7, 11) is 0. The van der Waals surface area contributed by atoms with E-state index in [0.717, 1.165) is 0 Å². The number of aliphatic hydroxyl groups excluding tert-OH is 2. The summed E-state index contributed by atoms with van der Waals surface area (Å²) in [6.07, 6.45) is -1.72. The standard InChI is InChI=1S/C11H14FN5O3S/c1-21-9-5-8(15-11(12)16-9)17(3-14-5)10-7(19)6(18)4(2-13)20-10/h3-4,6-7,10,18-19H,2,13H2,1H3/t4-,6-,7-,10-/m1/s1. The highest BCUT2D eigenvalue weighted by Crippen LogP contribution is 2.32. The smallest absolute Gasteiger partial charge is 0.311 e. The van der Waals surface area contributed by atoms with Crippen molar-refractivity contribution in [1.82, 2.24) is 19.5 Å². The normalized spacial score (nSPS) is 29.4. The number of hydrogen-bond acceptors (Lipinski definition) is 8. The molecule has 2 aromatic heterocycles. The van der Waals surface area contributed by atoms with Gasteiger partial charge in [-0.3, -0.25) is 4.57 Å². The lowest BCUT2D eigenvalue weighted by atomic mass is 10.1. The molecule has 0 unspecified atom stereocenters. The van der Waals surface area contributed by atoms with Crippen LogP contribution in [0.4, 0.5) is 4.39 Å². The Morgan fingerprint density at radius 2 is 2.19 bits per heavy atom. The Morgan fingerprint density at radius 3 is 2.81 bits per heavy atom. The van der Waals surface area contributed by atoms with Gasteiger partial charge in [-0.05, 0) is 6.26 Å². The molecule has 3 rings (SSSR count). The number of halogens is 1. The summed E-state index contributed by atoms with van der Waals surface area (Å²) < 4.78 is 20.4. The summed E-state index contributed by atoms with van der Waals surface area (Å²) in [5, 5.41) is 20.3. The zero-order chi connectivity index (χ0) is 15.1. The second kappa shape index (κ2) is 5.46. The molecule has 8 nitrogen and oxygen atoms in total. The summed E-state index contributed by atoms with van der Waals surface area (Å²) >= 11 is 1.24. The van der Waals surface area contributed by atoms with Gasteiger partial charge in [0, 0.05) is 6.54 Å². The van der Waals surface area contributed by atoms with Crippen LogP contribution >= 0.6 is 11.8 Å². The molecule has 1 fully saturated rings. The molecule has 4 atom stereocenters. The Morgan fingerprint density at radius 1 is 1.43 bits per heavy atom. The molecule has 0 amide bonds. The Labute approximate surface area is 123 Å². The van der Waals surface area contributed by atoms with E-state index in [1.165, 1.54) is 22.7 Å². The number of imidazole rings is 1. The van der Waals surface area contributed by atoms with Crippen LogP contribution in [-0.4, -0.2) is 60.8 Å². The quantitative estimate of drug-likeness (QED) is 0.385. The minimum atomic E-state index is -1.20. The molecular weight excluding hydrogens is 301 g/mol. The molecule has 4 N–H and O–H groups in total. The Hall–Kier alpha value is -1.33. The highest BCUT2D eigenvalue weighted by Gasteiger charge is 2.43. The van der Waals surface area contributed by atoms with E-state index >= 15 is 0 Å². The molecule has 21 heavy (non-hydrogen) atoms. The molecule has 0 aliphatic carbocycles. The van der Waals surface area contributed by atoms with Crippen LogP contribution in [0.5, 0.6) is 0 Å². The van der Waals surface area contributed by atoms with Crippen molar-refractivity contribution in [3.63, 3.8) is 0 Å². The van der Waals surface area contributed by atoms with Crippen molar-refractivity contribution in [2.24, 2.45) is 5.73 Å². The van der Waals surface area contributed by atoms with Gasteiger partial charge < -0.3 is 20.7 Å². The molecule has 0 radical (unpaired) electrons. The predicted molar refractivity (Wildman–Crippen MR) is 72.0 cm³/mol. The van der Waals surface area contributed by atoms with E-state index < -0.39 is 30.6 Å². The van der Waals surface area contributed by atoms with E-state index in [0.29, 0.717) is 10.5 Å². The zero-order valence-electron chi connectivity index (χ0n) is 11.0. The zero-order valence-corrected chi connectivity index (χ0v) is 11.9. The fourth-order valence-electron chi connectivity index (χ4n) is 2.35. The number of ether oxygens (including phenoxy) is 1. The predicted octanol–water partition coefficient (Wildman–Crippen LogP) is -0.735. The topological polar surface area (TPSA) is 119 Å². The second-order valence-electron chi connectivity index (χ2n) is 4.61. The minimum absolute atomic E-state index is 0.0563. The van der Waals surface area contributed by atoms with Gasteiger partial charge >= 0.3 is 6.08 Å². The van der Waals surface area contributed by atoms with Gasteiger partial charge in [-0.15, -0.1) is 11.8 Å². The molecule has 10 heteroatoms. The summed E-state index contributed by atoms with van der Waals surface area (Å²) in [6, 6.07) is 0. The molecule has 0 saturated carbocycles. The number of thioether (sulfide) groups is 1. The number of aliphatic hydroxyl groups is 2. The maximum atomic E-state index is 13.5. The van der Waals surface area contributed by atoms with Crippen molar-refractivity contribution >= 4 is 22.9 Å². The third kappa shape index (κ3) is 2.28. The Bertz CT molecular complexity index is 669. The number of nitrogens with two attached hydrogens (primary N) is 1. The molecule has 0 aromatic carbocycles. The Kier molecular flexibility index (Phi) is 3.80. The fraction of sp³-hybridized carbons (Fsp3) is 0.545. The number of aromatic nitrogens is 4. The number of fused-ring (bicyclic) bond motifs is 1. The number of rotatable bonds is 3. The van der Waals surface area contributed by atoms with Crippen molar-refractivity contribution < 1.29 is 19.3 Å². The lowest BCUT2D eigenvalue weighted by Crippen LogP contribution is -2.35. The average molecular weight is 315 g/mol. The van der Waals surface area contributed by atoms with Gasteiger partial charge in [-0.25, -0.2) is 4.98 Å². The first-order valence-electron chi connectivity index (χ1n) is 6.22. The molecule has 0 bridgehead atoms. The van der Waals surface area contributed by atoms with Gasteiger partial charge in [0.15, 0.2) is 11.9 Å². The molecule has 0 spiro atoms. The molecule has 1 aliphatic rings. The maximum absolute atomic E-state index is 13.5. The lowest BCUT2D eigenvalue weighted by molar-refractivity contribution is -0.0322. The van der Waals surface area contributed by atoms with Crippen LogP contribution in [0.3, 0.4) is 0 Å². The van der Waals surface area contributed by atoms with Crippen LogP contribution in [-0.2, 0) is 4.74 Å². The van der Waals surface area contributed by atoms with Gasteiger partial charge in [-0.1, -0.05) is 0 Å². The summed E-state index contributed by atoms with van der Waals surface area (Å²) in [5.74, 6) is 0. The summed E-state index contributed by atoms with van der Waals surface area (Å²) in [4.78, 5) is 11.5. The first-order chi connectivity index (χ1) is 10.1. The van der Waals surface area contributed by atoms with E-state index in [1.54, 1.807) is 6.26 Å². The van der Waals surface area contributed by atoms with Crippen molar-refractivity contribution in [2.75, 3.05) is 12.8 Å². The Balaban J connectivity index is 2.07. The van der Waals surface area contributed by atoms with E-state index in [2.05, 4.69) is 15.0 Å². The SMILES string of the molecule is CSc1nc(F)nc2c1ncn2[C@@H]1O[C@H](CN)[C@@H](O)[C@H]1O. The van der Waals surface area contributed by atoms with Gasteiger partial charge in [0.05, 0.1) is 6.33 Å². The first kappa shape index (κ1) is 14.6. The first-order valence-corrected chi connectivity index (χ1v) is 7.45. The van der Waals surface area contributed by atoms with Gasteiger partial charge in [-0.2, -0.15) is 14.4 Å². The van der Waals surface area contributed by atoms with E-state index in [1.807, 2.05) is 0 Å². The fourth-order valence-corrected chi connectivity index (χ4v) is 2.85. The average Bonchev–Trinajstić information content (AvgIpc) is 3.01. The number of nitrogens with zero attached hydrogens (tertiary/aromatic N) is 4. The molecule has 1 saturated heterocycles.